The van der Waals surface area contributed by atoms with Crippen molar-refractivity contribution < 1.29 is 23.7 Å². The minimum absolute atomic E-state index is 0. The highest BCUT2D eigenvalue weighted by atomic mass is 16.6. The molecule has 5 heteroatoms. The maximum atomic E-state index is 5.47. The average molecular weight is 268 g/mol. The zero-order chi connectivity index (χ0) is 12.1. The maximum absolute atomic E-state index is 5.47. The molecule has 0 rings (SSSR count). The first-order valence-corrected chi connectivity index (χ1v) is 5.60. The predicted octanol–water partition coefficient (Wildman–Crippen LogP) is 1.99. The number of hydrogen-bond acceptors (Lipinski definition) is 5. The molecule has 0 bridgehead atoms. The highest BCUT2D eigenvalue weighted by molar-refractivity contribution is 4.55. The number of hydrogen-bond donors (Lipinski definition) is 0. The normalized spacial score (nSPS) is 10.0. The van der Waals surface area contributed by atoms with E-state index in [1.54, 1.807) is 14.2 Å². The molecule has 0 aromatic rings. The van der Waals surface area contributed by atoms with Gasteiger partial charge in [0.15, 0.2) is 0 Å². The molecule has 18 heavy (non-hydrogen) atoms. The molecule has 0 N–H and O–H groups in total. The average Bonchev–Trinajstić information content (AvgIpc) is 2.30. The minimum atomic E-state index is -0.0151. The van der Waals surface area contributed by atoms with E-state index < -0.39 is 0 Å². The van der Waals surface area contributed by atoms with Crippen molar-refractivity contribution in [3.63, 3.8) is 0 Å². The van der Waals surface area contributed by atoms with E-state index in [0.717, 1.165) is 0 Å². The van der Waals surface area contributed by atoms with Crippen LogP contribution in [0.15, 0.2) is 0 Å². The van der Waals surface area contributed by atoms with E-state index in [-0.39, 0.29) is 21.0 Å². The quantitative estimate of drug-likeness (QED) is 0.507. The molecule has 114 valence electrons. The summed E-state index contributed by atoms with van der Waals surface area (Å²) in [6, 6.07) is 0. The second kappa shape index (κ2) is 19.1. The van der Waals surface area contributed by atoms with Gasteiger partial charge >= 0.3 is 0 Å². The third-order valence-electron chi connectivity index (χ3n) is 1.87. The van der Waals surface area contributed by atoms with Gasteiger partial charge in [0, 0.05) is 20.8 Å². The van der Waals surface area contributed by atoms with E-state index in [0.29, 0.717) is 46.2 Å². The van der Waals surface area contributed by atoms with E-state index in [1.165, 1.54) is 0 Å². The van der Waals surface area contributed by atoms with Gasteiger partial charge < -0.3 is 23.7 Å². The van der Waals surface area contributed by atoms with Crippen LogP contribution in [0.25, 0.3) is 0 Å². The summed E-state index contributed by atoms with van der Waals surface area (Å²) in [5.74, 6) is 0. The van der Waals surface area contributed by atoms with Gasteiger partial charge in [0.1, 0.15) is 6.10 Å². The van der Waals surface area contributed by atoms with Gasteiger partial charge in [0.25, 0.3) is 0 Å². The van der Waals surface area contributed by atoms with Gasteiger partial charge in [-0.3, -0.25) is 0 Å². The molecule has 0 heterocycles. The standard InChI is InChI=1S/C11H24O5.2CH4/c1-4-16-11(9-14-7-5-12-2)10-15-8-6-13-3;;/h11H,4-10H2,1-3H3;2*1H4. The minimum Gasteiger partial charge on any atom is -0.382 e. The SMILES string of the molecule is C.C.CCOC(COCCOC)COCCOC. The second-order valence-corrected chi connectivity index (χ2v) is 3.21. The van der Waals surface area contributed by atoms with Crippen molar-refractivity contribution in [2.45, 2.75) is 27.9 Å². The molecule has 0 fully saturated rings. The van der Waals surface area contributed by atoms with Crippen LogP contribution in [0.1, 0.15) is 21.8 Å². The van der Waals surface area contributed by atoms with E-state index in [9.17, 15) is 0 Å². The molecule has 0 aromatic heterocycles. The van der Waals surface area contributed by atoms with Crippen molar-refractivity contribution in [1.82, 2.24) is 0 Å². The lowest BCUT2D eigenvalue weighted by atomic mass is 10.4. The van der Waals surface area contributed by atoms with Crippen molar-refractivity contribution >= 4 is 0 Å². The Morgan fingerprint density at radius 3 is 1.56 bits per heavy atom. The van der Waals surface area contributed by atoms with Crippen LogP contribution in [0, 0.1) is 0 Å². The van der Waals surface area contributed by atoms with Crippen LogP contribution in [0.3, 0.4) is 0 Å². The molecule has 0 saturated heterocycles. The Hall–Kier alpha value is -0.200. The molecule has 0 unspecified atom stereocenters. The third-order valence-corrected chi connectivity index (χ3v) is 1.87. The van der Waals surface area contributed by atoms with Crippen LogP contribution in [0.4, 0.5) is 0 Å². The van der Waals surface area contributed by atoms with Gasteiger partial charge in [-0.2, -0.15) is 0 Å². The Bertz CT molecular complexity index is 121. The van der Waals surface area contributed by atoms with Gasteiger partial charge in [-0.05, 0) is 6.92 Å². The fourth-order valence-electron chi connectivity index (χ4n) is 1.09. The Balaban J connectivity index is -0.00000112. The van der Waals surface area contributed by atoms with Crippen LogP contribution < -0.4 is 0 Å². The summed E-state index contributed by atoms with van der Waals surface area (Å²) in [7, 11) is 3.30. The summed E-state index contributed by atoms with van der Waals surface area (Å²) in [6.07, 6.45) is -0.0151. The van der Waals surface area contributed by atoms with E-state index in [2.05, 4.69) is 0 Å². The van der Waals surface area contributed by atoms with E-state index in [1.807, 2.05) is 6.92 Å². The predicted molar refractivity (Wildman–Crippen MR) is 74.3 cm³/mol. The molecule has 0 atom stereocenters. The Labute approximate surface area is 113 Å². The van der Waals surface area contributed by atoms with Gasteiger partial charge in [-0.15, -0.1) is 0 Å². The third kappa shape index (κ3) is 15.8. The summed E-state index contributed by atoms with van der Waals surface area (Å²) in [5.41, 5.74) is 0. The zero-order valence-electron chi connectivity index (χ0n) is 10.6. The Kier molecular flexibility index (Phi) is 24.4. The van der Waals surface area contributed by atoms with Crippen LogP contribution in [-0.2, 0) is 23.7 Å². The van der Waals surface area contributed by atoms with E-state index >= 15 is 0 Å². The second-order valence-electron chi connectivity index (χ2n) is 3.21. The molecule has 5 nitrogen and oxygen atoms in total. The molecular weight excluding hydrogens is 236 g/mol. The Morgan fingerprint density at radius 1 is 0.778 bits per heavy atom. The first kappa shape index (κ1) is 22.9. The Morgan fingerprint density at radius 2 is 1.22 bits per heavy atom. The monoisotopic (exact) mass is 268 g/mol. The molecule has 0 spiro atoms. The highest BCUT2D eigenvalue weighted by Crippen LogP contribution is 1.95. The van der Waals surface area contributed by atoms with Crippen molar-refractivity contribution in [3.05, 3.63) is 0 Å². The smallest absolute Gasteiger partial charge is 0.104 e. The van der Waals surface area contributed by atoms with Crippen molar-refractivity contribution in [2.24, 2.45) is 0 Å². The first-order valence-electron chi connectivity index (χ1n) is 5.60. The number of ether oxygens (including phenoxy) is 5. The summed E-state index contributed by atoms with van der Waals surface area (Å²) in [5, 5.41) is 0. The summed E-state index contributed by atoms with van der Waals surface area (Å²) in [4.78, 5) is 0. The molecule has 0 aliphatic heterocycles. The van der Waals surface area contributed by atoms with Gasteiger partial charge in [-0.25, -0.2) is 0 Å². The van der Waals surface area contributed by atoms with Crippen LogP contribution in [0.2, 0.25) is 0 Å². The van der Waals surface area contributed by atoms with Crippen molar-refractivity contribution in [2.75, 3.05) is 60.5 Å². The largest absolute Gasteiger partial charge is 0.382 e. The highest BCUT2D eigenvalue weighted by Gasteiger charge is 2.08. The van der Waals surface area contributed by atoms with Crippen molar-refractivity contribution in [1.29, 1.82) is 0 Å². The van der Waals surface area contributed by atoms with Crippen LogP contribution in [0.5, 0.6) is 0 Å². The summed E-state index contributed by atoms with van der Waals surface area (Å²) in [6.45, 7) is 6.04. The lowest BCUT2D eigenvalue weighted by Gasteiger charge is -2.17. The summed E-state index contributed by atoms with van der Waals surface area (Å²) >= 11 is 0. The molecule has 0 saturated carbocycles. The first-order chi connectivity index (χ1) is 7.85. The zero-order valence-corrected chi connectivity index (χ0v) is 10.6. The number of methoxy groups -OCH3 is 2. The lowest BCUT2D eigenvalue weighted by molar-refractivity contribution is -0.0666. The molecule has 0 amide bonds. The van der Waals surface area contributed by atoms with E-state index in [4.69, 9.17) is 23.7 Å². The maximum Gasteiger partial charge on any atom is 0.104 e. The van der Waals surface area contributed by atoms with Gasteiger partial charge in [0.2, 0.25) is 0 Å². The lowest BCUT2D eigenvalue weighted by Crippen LogP contribution is -2.27. The fraction of sp³-hybridized carbons (Fsp3) is 1.00. The molecule has 0 aromatic carbocycles. The van der Waals surface area contributed by atoms with Gasteiger partial charge in [-0.1, -0.05) is 14.9 Å². The van der Waals surface area contributed by atoms with Crippen LogP contribution in [-0.4, -0.2) is 66.6 Å². The molecule has 0 aliphatic carbocycles. The topological polar surface area (TPSA) is 46.2 Å². The molecule has 0 aliphatic rings. The molecule has 0 radical (unpaired) electrons. The summed E-state index contributed by atoms with van der Waals surface area (Å²) < 4.78 is 26.0. The number of rotatable bonds is 12. The molecular formula is C13H32O5. The van der Waals surface area contributed by atoms with Gasteiger partial charge in [0.05, 0.1) is 39.6 Å². The van der Waals surface area contributed by atoms with Crippen LogP contribution >= 0.6 is 0 Å². The fourth-order valence-corrected chi connectivity index (χ4v) is 1.09. The van der Waals surface area contributed by atoms with Crippen molar-refractivity contribution in [3.8, 4) is 0 Å².